The Hall–Kier alpha value is -3.27. The highest BCUT2D eigenvalue weighted by Crippen LogP contribution is 2.33. The van der Waals surface area contributed by atoms with Gasteiger partial charge in [-0.1, -0.05) is 78.2 Å². The second-order valence-corrected chi connectivity index (χ2v) is 15.5. The van der Waals surface area contributed by atoms with Gasteiger partial charge in [-0.05, 0) is 104 Å². The minimum Gasteiger partial charge on any atom is -0.381 e. The number of ether oxygens (including phenoxy) is 1. The lowest BCUT2D eigenvalue weighted by molar-refractivity contribution is -0.132. The van der Waals surface area contributed by atoms with Crippen LogP contribution in [0, 0.1) is 11.3 Å². The van der Waals surface area contributed by atoms with Crippen LogP contribution in [-0.4, -0.2) is 73.6 Å². The minimum absolute atomic E-state index is 0.000270. The first-order chi connectivity index (χ1) is 23.2. The molecule has 2 aliphatic heterocycles. The molecule has 3 amide bonds. The van der Waals surface area contributed by atoms with Crippen LogP contribution in [0.5, 0.6) is 0 Å². The maximum Gasteiger partial charge on any atom is 0.252 e. The van der Waals surface area contributed by atoms with Gasteiger partial charge in [-0.15, -0.1) is 0 Å². The summed E-state index contributed by atoms with van der Waals surface area (Å²) in [5.74, 6) is -0.0367. The number of fused-ring (bicyclic) bond motifs is 1. The highest BCUT2D eigenvalue weighted by molar-refractivity contribution is 9.10. The van der Waals surface area contributed by atoms with Crippen LogP contribution in [0.2, 0.25) is 0 Å². The van der Waals surface area contributed by atoms with Crippen molar-refractivity contribution >= 4 is 44.4 Å². The minimum atomic E-state index is -1.07. The van der Waals surface area contributed by atoms with Crippen LogP contribution >= 0.6 is 15.9 Å². The Balaban J connectivity index is 1.10. The summed E-state index contributed by atoms with van der Waals surface area (Å²) in [6.07, 6.45) is 7.44. The molecular weight excluding hydrogens is 668 g/mol. The van der Waals surface area contributed by atoms with Gasteiger partial charge >= 0.3 is 0 Å². The van der Waals surface area contributed by atoms with E-state index >= 15 is 0 Å². The molecule has 0 radical (unpaired) electrons. The fourth-order valence-corrected chi connectivity index (χ4v) is 7.94. The first-order valence-electron chi connectivity index (χ1n) is 17.6. The van der Waals surface area contributed by atoms with Gasteiger partial charge in [0.25, 0.3) is 5.91 Å². The number of halogens is 1. The zero-order valence-electron chi connectivity index (χ0n) is 28.1. The normalized spacial score (nSPS) is 20.2. The lowest BCUT2D eigenvalue weighted by Crippen LogP contribution is -2.61. The lowest BCUT2D eigenvalue weighted by Gasteiger charge is -2.41. The van der Waals surface area contributed by atoms with Crippen molar-refractivity contribution < 1.29 is 19.1 Å². The van der Waals surface area contributed by atoms with E-state index in [0.717, 1.165) is 92.2 Å². The number of carbonyl (C=O) groups excluding carboxylic acids is 3. The zero-order valence-corrected chi connectivity index (χ0v) is 29.7. The highest BCUT2D eigenvalue weighted by atomic mass is 79.9. The Bertz CT molecular complexity index is 1580. The summed E-state index contributed by atoms with van der Waals surface area (Å²) >= 11 is 3.50. The SMILES string of the molecule is CC1(CNC(=O)[C@@H](Cc2ccccc2)NC(=O)C2(NC(=O)c3ccc4cc(Br)ccc4c3)CCCC2)CCN(CC2CCOCC2)CC1. The lowest BCUT2D eigenvalue weighted by atomic mass is 9.80. The molecular formula is C39H49BrN4O4. The molecule has 0 bridgehead atoms. The molecule has 2 heterocycles. The molecule has 6 rings (SSSR count). The molecule has 1 atom stereocenters. The molecule has 3 aromatic rings. The van der Waals surface area contributed by atoms with E-state index in [-0.39, 0.29) is 23.1 Å². The van der Waals surface area contributed by atoms with Crippen LogP contribution < -0.4 is 16.0 Å². The quantitative estimate of drug-likeness (QED) is 0.226. The molecule has 3 fully saturated rings. The van der Waals surface area contributed by atoms with Crippen LogP contribution in [0.1, 0.15) is 74.2 Å². The van der Waals surface area contributed by atoms with Crippen molar-refractivity contribution in [3.8, 4) is 0 Å². The topological polar surface area (TPSA) is 99.8 Å². The third kappa shape index (κ3) is 8.65. The molecule has 1 saturated carbocycles. The summed E-state index contributed by atoms with van der Waals surface area (Å²) in [6.45, 7) is 7.78. The number of carbonyl (C=O) groups is 3. The first kappa shape index (κ1) is 34.6. The number of hydrogen-bond donors (Lipinski definition) is 3. The van der Waals surface area contributed by atoms with Gasteiger partial charge < -0.3 is 25.6 Å². The maximum absolute atomic E-state index is 14.1. The molecule has 1 aliphatic carbocycles. The molecule has 3 aliphatic rings. The van der Waals surface area contributed by atoms with E-state index in [1.807, 2.05) is 60.7 Å². The van der Waals surface area contributed by atoms with E-state index < -0.39 is 11.6 Å². The van der Waals surface area contributed by atoms with Crippen LogP contribution in [0.3, 0.4) is 0 Å². The van der Waals surface area contributed by atoms with E-state index in [1.54, 1.807) is 6.07 Å². The van der Waals surface area contributed by atoms with Crippen molar-refractivity contribution in [3.05, 3.63) is 82.3 Å². The molecule has 0 aromatic heterocycles. The van der Waals surface area contributed by atoms with E-state index in [1.165, 1.54) is 0 Å². The van der Waals surface area contributed by atoms with E-state index in [2.05, 4.69) is 43.7 Å². The average molecular weight is 718 g/mol. The average Bonchev–Trinajstić information content (AvgIpc) is 3.58. The predicted octanol–water partition coefficient (Wildman–Crippen LogP) is 6.02. The Morgan fingerprint density at radius 3 is 2.33 bits per heavy atom. The van der Waals surface area contributed by atoms with Crippen LogP contribution in [0.15, 0.2) is 71.2 Å². The molecule has 3 N–H and O–H groups in total. The molecule has 256 valence electrons. The van der Waals surface area contributed by atoms with E-state index in [9.17, 15) is 14.4 Å². The first-order valence-corrected chi connectivity index (χ1v) is 18.4. The molecule has 3 aromatic carbocycles. The second-order valence-electron chi connectivity index (χ2n) is 14.6. The molecule has 48 heavy (non-hydrogen) atoms. The number of benzene rings is 3. The second kappa shape index (κ2) is 15.5. The Morgan fingerprint density at radius 2 is 1.60 bits per heavy atom. The molecule has 0 unspecified atom stereocenters. The van der Waals surface area contributed by atoms with Gasteiger partial charge in [0.05, 0.1) is 0 Å². The molecule has 0 spiro atoms. The third-order valence-corrected chi connectivity index (χ3v) is 11.3. The number of amides is 3. The van der Waals surface area contributed by atoms with Crippen LogP contribution in [0.4, 0.5) is 0 Å². The summed E-state index contributed by atoms with van der Waals surface area (Å²) < 4.78 is 6.51. The smallest absolute Gasteiger partial charge is 0.252 e. The number of nitrogens with zero attached hydrogens (tertiary/aromatic N) is 1. The Labute approximate surface area is 292 Å². The summed E-state index contributed by atoms with van der Waals surface area (Å²) in [4.78, 5) is 44.2. The van der Waals surface area contributed by atoms with Crippen molar-refractivity contribution in [2.75, 3.05) is 39.4 Å². The predicted molar refractivity (Wildman–Crippen MR) is 193 cm³/mol. The number of piperidine rings is 1. The van der Waals surface area contributed by atoms with Crippen molar-refractivity contribution in [2.24, 2.45) is 11.3 Å². The fourth-order valence-electron chi connectivity index (χ4n) is 7.56. The van der Waals surface area contributed by atoms with Gasteiger partial charge in [-0.3, -0.25) is 14.4 Å². The van der Waals surface area contributed by atoms with Gasteiger partial charge in [0.2, 0.25) is 11.8 Å². The summed E-state index contributed by atoms with van der Waals surface area (Å²) in [6, 6.07) is 20.6. The number of nitrogens with one attached hydrogen (secondary N) is 3. The van der Waals surface area contributed by atoms with Gasteiger partial charge in [-0.2, -0.15) is 0 Å². The monoisotopic (exact) mass is 716 g/mol. The van der Waals surface area contributed by atoms with Gasteiger partial charge in [-0.25, -0.2) is 0 Å². The Kier molecular flexibility index (Phi) is 11.2. The van der Waals surface area contributed by atoms with Crippen LogP contribution in [0.25, 0.3) is 10.8 Å². The Morgan fingerprint density at radius 1 is 0.917 bits per heavy atom. The van der Waals surface area contributed by atoms with E-state index in [4.69, 9.17) is 4.74 Å². The molecule has 8 nitrogen and oxygen atoms in total. The standard InChI is InChI=1S/C39H49BrN4O4/c1-38(17-19-44(20-18-38)26-29-13-21-48-22-14-29)27-41-36(46)34(23-28-7-3-2-4-8-28)42-37(47)39(15-5-6-16-39)43-35(45)32-10-9-31-25-33(40)12-11-30(31)24-32/h2-4,7-12,24-25,29,34H,5-6,13-23,26-27H2,1H3,(H,41,46)(H,42,47)(H,43,45)/t34-/m1/s1. The van der Waals surface area contributed by atoms with Gasteiger partial charge in [0.15, 0.2) is 0 Å². The fraction of sp³-hybridized carbons (Fsp3) is 0.513. The van der Waals surface area contributed by atoms with E-state index in [0.29, 0.717) is 37.3 Å². The number of rotatable bonds is 11. The van der Waals surface area contributed by atoms with Gasteiger partial charge in [0.1, 0.15) is 11.6 Å². The third-order valence-electron chi connectivity index (χ3n) is 10.8. The molecule has 2 saturated heterocycles. The summed E-state index contributed by atoms with van der Waals surface area (Å²) in [5.41, 5.74) is 0.414. The summed E-state index contributed by atoms with van der Waals surface area (Å²) in [7, 11) is 0. The van der Waals surface area contributed by atoms with Crippen molar-refractivity contribution in [3.63, 3.8) is 0 Å². The number of hydrogen-bond acceptors (Lipinski definition) is 5. The van der Waals surface area contributed by atoms with Crippen molar-refractivity contribution in [1.82, 2.24) is 20.9 Å². The molecule has 9 heteroatoms. The van der Waals surface area contributed by atoms with Crippen LogP contribution in [-0.2, 0) is 20.7 Å². The number of likely N-dealkylation sites (tertiary alicyclic amines) is 1. The zero-order chi connectivity index (χ0) is 33.6. The summed E-state index contributed by atoms with van der Waals surface area (Å²) in [5, 5.41) is 11.4. The van der Waals surface area contributed by atoms with Crippen molar-refractivity contribution in [1.29, 1.82) is 0 Å². The van der Waals surface area contributed by atoms with Crippen molar-refractivity contribution in [2.45, 2.75) is 76.3 Å². The maximum atomic E-state index is 14.1. The highest BCUT2D eigenvalue weighted by Gasteiger charge is 2.44. The largest absolute Gasteiger partial charge is 0.381 e. The van der Waals surface area contributed by atoms with Gasteiger partial charge in [0, 0.05) is 42.8 Å².